The molecular weight excluding hydrogens is 264 g/mol. The molecule has 3 aromatic rings. The molecule has 1 amide bonds. The quantitative estimate of drug-likeness (QED) is 0.782. The van der Waals surface area contributed by atoms with Gasteiger partial charge in [0, 0.05) is 17.3 Å². The van der Waals surface area contributed by atoms with Crippen LogP contribution in [0.1, 0.15) is 21.9 Å². The third-order valence-electron chi connectivity index (χ3n) is 3.12. The molecule has 0 bridgehead atoms. The lowest BCUT2D eigenvalue weighted by atomic mass is 10.1. The highest BCUT2D eigenvalue weighted by Crippen LogP contribution is 2.22. The van der Waals surface area contributed by atoms with Crippen molar-refractivity contribution in [3.05, 3.63) is 59.8 Å². The lowest BCUT2D eigenvalue weighted by Crippen LogP contribution is -2.14. The highest BCUT2D eigenvalue weighted by Gasteiger charge is 2.10. The molecule has 2 aromatic heterocycles. The van der Waals surface area contributed by atoms with E-state index >= 15 is 0 Å². The van der Waals surface area contributed by atoms with Crippen LogP contribution >= 0.6 is 0 Å². The first-order valence-electron chi connectivity index (χ1n) is 6.60. The average molecular weight is 278 g/mol. The van der Waals surface area contributed by atoms with E-state index < -0.39 is 0 Å². The summed E-state index contributed by atoms with van der Waals surface area (Å²) in [6, 6.07) is 9.60. The summed E-state index contributed by atoms with van der Waals surface area (Å²) in [5, 5.41) is 3.82. The van der Waals surface area contributed by atoms with Crippen LogP contribution in [0.15, 0.2) is 42.7 Å². The lowest BCUT2D eigenvalue weighted by Gasteiger charge is -2.08. The van der Waals surface area contributed by atoms with Crippen molar-refractivity contribution in [3.8, 4) is 0 Å². The number of aryl methyl sites for hydroxylation is 2. The molecule has 3 rings (SSSR count). The first kappa shape index (κ1) is 13.2. The number of fused-ring (bicyclic) bond motifs is 1. The minimum absolute atomic E-state index is 0.283. The molecule has 21 heavy (non-hydrogen) atoms. The zero-order valence-corrected chi connectivity index (χ0v) is 11.8. The van der Waals surface area contributed by atoms with Crippen molar-refractivity contribution in [3.63, 3.8) is 0 Å². The summed E-state index contributed by atoms with van der Waals surface area (Å²) < 4.78 is 0. The Labute approximate surface area is 122 Å². The lowest BCUT2D eigenvalue weighted by molar-refractivity contribution is 0.102. The van der Waals surface area contributed by atoms with E-state index in [1.54, 1.807) is 6.20 Å². The molecule has 0 unspecified atom stereocenters. The molecule has 1 aromatic carbocycles. The summed E-state index contributed by atoms with van der Waals surface area (Å²) >= 11 is 0. The van der Waals surface area contributed by atoms with Crippen molar-refractivity contribution in [2.45, 2.75) is 13.8 Å². The Kier molecular flexibility index (Phi) is 3.31. The first-order valence-corrected chi connectivity index (χ1v) is 6.60. The number of hydrogen-bond donors (Lipinski definition) is 1. The number of carbonyl (C=O) groups is 1. The Balaban J connectivity index is 1.96. The topological polar surface area (TPSA) is 67.8 Å². The number of benzene rings is 1. The maximum Gasteiger partial charge on any atom is 0.275 e. The number of para-hydroxylation sites is 1. The Morgan fingerprint density at radius 1 is 1.00 bits per heavy atom. The maximum absolute atomic E-state index is 12.2. The molecule has 0 saturated carbocycles. The van der Waals surface area contributed by atoms with Crippen LogP contribution in [-0.2, 0) is 0 Å². The van der Waals surface area contributed by atoms with E-state index in [1.807, 2.05) is 44.2 Å². The van der Waals surface area contributed by atoms with E-state index in [1.165, 1.54) is 6.20 Å². The fourth-order valence-corrected chi connectivity index (χ4v) is 2.04. The number of anilines is 1. The maximum atomic E-state index is 12.2. The molecule has 0 atom stereocenters. The van der Waals surface area contributed by atoms with Crippen LogP contribution in [-0.4, -0.2) is 20.9 Å². The third-order valence-corrected chi connectivity index (χ3v) is 3.12. The van der Waals surface area contributed by atoms with Crippen molar-refractivity contribution in [1.82, 2.24) is 15.0 Å². The smallest absolute Gasteiger partial charge is 0.275 e. The number of nitrogens with one attached hydrogen (secondary N) is 1. The molecule has 0 spiro atoms. The number of nitrogens with zero attached hydrogens (tertiary/aromatic N) is 3. The van der Waals surface area contributed by atoms with E-state index in [2.05, 4.69) is 20.3 Å². The molecule has 5 heteroatoms. The molecule has 2 heterocycles. The summed E-state index contributed by atoms with van der Waals surface area (Å²) in [7, 11) is 0. The van der Waals surface area contributed by atoms with Gasteiger partial charge in [0.05, 0.1) is 23.1 Å². The second-order valence-corrected chi connectivity index (χ2v) is 4.83. The molecule has 0 aliphatic carbocycles. The van der Waals surface area contributed by atoms with E-state index in [0.717, 1.165) is 22.3 Å². The Bertz CT molecular complexity index is 812. The van der Waals surface area contributed by atoms with Gasteiger partial charge in [-0.05, 0) is 26.0 Å². The predicted molar refractivity (Wildman–Crippen MR) is 81.2 cm³/mol. The molecule has 0 radical (unpaired) electrons. The van der Waals surface area contributed by atoms with Crippen LogP contribution < -0.4 is 5.32 Å². The van der Waals surface area contributed by atoms with Gasteiger partial charge in [-0.25, -0.2) is 4.98 Å². The second kappa shape index (κ2) is 5.28. The van der Waals surface area contributed by atoms with Crippen molar-refractivity contribution in [2.24, 2.45) is 0 Å². The highest BCUT2D eigenvalue weighted by atomic mass is 16.1. The predicted octanol–water partition coefficient (Wildman–Crippen LogP) is 2.89. The van der Waals surface area contributed by atoms with E-state index in [9.17, 15) is 4.79 Å². The molecule has 0 fully saturated rings. The zero-order valence-electron chi connectivity index (χ0n) is 11.8. The fourth-order valence-electron chi connectivity index (χ4n) is 2.04. The Morgan fingerprint density at radius 3 is 2.62 bits per heavy atom. The van der Waals surface area contributed by atoms with Gasteiger partial charge in [-0.15, -0.1) is 0 Å². The Hall–Kier alpha value is -2.82. The minimum atomic E-state index is -0.293. The third kappa shape index (κ3) is 2.72. The van der Waals surface area contributed by atoms with Gasteiger partial charge in [-0.2, -0.15) is 0 Å². The average Bonchev–Trinajstić information content (AvgIpc) is 2.48. The van der Waals surface area contributed by atoms with Crippen molar-refractivity contribution >= 4 is 22.5 Å². The van der Waals surface area contributed by atoms with Gasteiger partial charge in [0.2, 0.25) is 0 Å². The summed E-state index contributed by atoms with van der Waals surface area (Å²) in [6.45, 7) is 3.75. The summed E-state index contributed by atoms with van der Waals surface area (Å²) in [5.74, 6) is -0.293. The van der Waals surface area contributed by atoms with Crippen LogP contribution in [0.5, 0.6) is 0 Å². The standard InChI is InChI=1S/C16H14N4O/c1-10-6-7-12-4-3-5-13(15(12)19-10)20-16(21)14-9-17-11(2)8-18-14/h3-9H,1-2H3,(H,20,21). The normalized spacial score (nSPS) is 10.6. The van der Waals surface area contributed by atoms with E-state index in [-0.39, 0.29) is 11.6 Å². The number of rotatable bonds is 2. The van der Waals surface area contributed by atoms with Gasteiger partial charge < -0.3 is 5.32 Å². The van der Waals surface area contributed by atoms with Crippen molar-refractivity contribution < 1.29 is 4.79 Å². The molecule has 0 saturated heterocycles. The molecule has 0 aliphatic rings. The highest BCUT2D eigenvalue weighted by molar-refractivity contribution is 6.07. The minimum Gasteiger partial charge on any atom is -0.319 e. The van der Waals surface area contributed by atoms with Crippen LogP contribution in [0, 0.1) is 13.8 Å². The van der Waals surface area contributed by atoms with Crippen molar-refractivity contribution in [2.75, 3.05) is 5.32 Å². The Morgan fingerprint density at radius 2 is 1.86 bits per heavy atom. The molecule has 1 N–H and O–H groups in total. The number of carbonyl (C=O) groups excluding carboxylic acids is 1. The monoisotopic (exact) mass is 278 g/mol. The molecule has 0 aliphatic heterocycles. The zero-order chi connectivity index (χ0) is 14.8. The number of pyridine rings is 1. The summed E-state index contributed by atoms with van der Waals surface area (Å²) in [6.07, 6.45) is 3.04. The number of amides is 1. The molecule has 104 valence electrons. The summed E-state index contributed by atoms with van der Waals surface area (Å²) in [4.78, 5) is 24.9. The first-order chi connectivity index (χ1) is 10.1. The fraction of sp³-hybridized carbons (Fsp3) is 0.125. The van der Waals surface area contributed by atoms with Crippen molar-refractivity contribution in [1.29, 1.82) is 0 Å². The largest absolute Gasteiger partial charge is 0.319 e. The number of aromatic nitrogens is 3. The SMILES string of the molecule is Cc1cnc(C(=O)Nc2cccc3ccc(C)nc23)cn1. The van der Waals surface area contributed by atoms with Crippen LogP contribution in [0.3, 0.4) is 0 Å². The molecule has 5 nitrogen and oxygen atoms in total. The van der Waals surface area contributed by atoms with Gasteiger partial charge in [0.25, 0.3) is 5.91 Å². The summed E-state index contributed by atoms with van der Waals surface area (Å²) in [5.41, 5.74) is 3.40. The van der Waals surface area contributed by atoms with Gasteiger partial charge in [0.15, 0.2) is 0 Å². The molecular formula is C16H14N4O. The van der Waals surface area contributed by atoms with E-state index in [4.69, 9.17) is 0 Å². The van der Waals surface area contributed by atoms with Gasteiger partial charge in [-0.1, -0.05) is 18.2 Å². The van der Waals surface area contributed by atoms with Crippen LogP contribution in [0.2, 0.25) is 0 Å². The van der Waals surface area contributed by atoms with Crippen LogP contribution in [0.25, 0.3) is 10.9 Å². The number of hydrogen-bond acceptors (Lipinski definition) is 4. The van der Waals surface area contributed by atoms with Crippen LogP contribution in [0.4, 0.5) is 5.69 Å². The van der Waals surface area contributed by atoms with Gasteiger partial charge >= 0.3 is 0 Å². The van der Waals surface area contributed by atoms with Gasteiger partial charge in [0.1, 0.15) is 5.69 Å². The van der Waals surface area contributed by atoms with Gasteiger partial charge in [-0.3, -0.25) is 14.8 Å². The second-order valence-electron chi connectivity index (χ2n) is 4.83. The van der Waals surface area contributed by atoms with E-state index in [0.29, 0.717) is 5.69 Å².